The second-order valence-electron chi connectivity index (χ2n) is 5.58. The number of ether oxygens (including phenoxy) is 1. The van der Waals surface area contributed by atoms with Crippen molar-refractivity contribution in [2.24, 2.45) is 11.8 Å². The van der Waals surface area contributed by atoms with Gasteiger partial charge in [-0.2, -0.15) is 0 Å². The number of nitrogens with zero attached hydrogens (tertiary/aromatic N) is 1. The number of rotatable bonds is 6. The molecule has 120 valence electrons. The zero-order valence-electron chi connectivity index (χ0n) is 12.5. The van der Waals surface area contributed by atoms with Gasteiger partial charge in [-0.1, -0.05) is 12.1 Å². The van der Waals surface area contributed by atoms with Gasteiger partial charge in [0.15, 0.2) is 11.6 Å². The molecule has 0 aromatic heterocycles. The monoisotopic (exact) mass is 309 g/mol. The molecule has 0 aliphatic heterocycles. The molecule has 22 heavy (non-hydrogen) atoms. The van der Waals surface area contributed by atoms with Crippen LogP contribution in [0.3, 0.4) is 0 Å². The van der Waals surface area contributed by atoms with E-state index in [1.165, 1.54) is 17.0 Å². The summed E-state index contributed by atoms with van der Waals surface area (Å²) in [7, 11) is 1.65. The predicted molar refractivity (Wildman–Crippen MR) is 78.0 cm³/mol. The molecule has 1 amide bonds. The van der Waals surface area contributed by atoms with E-state index in [0.29, 0.717) is 25.8 Å². The van der Waals surface area contributed by atoms with Gasteiger partial charge in [0.05, 0.1) is 12.5 Å². The molecule has 0 bridgehead atoms. The van der Waals surface area contributed by atoms with E-state index in [2.05, 4.69) is 0 Å². The molecule has 0 saturated heterocycles. The van der Waals surface area contributed by atoms with E-state index in [-0.39, 0.29) is 24.2 Å². The van der Waals surface area contributed by atoms with Crippen LogP contribution in [0.4, 0.5) is 4.39 Å². The molecule has 2 atom stereocenters. The summed E-state index contributed by atoms with van der Waals surface area (Å²) in [6.45, 7) is 0.527. The summed E-state index contributed by atoms with van der Waals surface area (Å²) in [5, 5.41) is 8.96. The Balaban J connectivity index is 1.78. The van der Waals surface area contributed by atoms with Crippen LogP contribution < -0.4 is 4.74 Å². The molecule has 0 radical (unpaired) electrons. The lowest BCUT2D eigenvalue weighted by atomic mass is 10.0. The smallest absolute Gasteiger partial charge is 0.306 e. The molecule has 0 unspecified atom stereocenters. The zero-order valence-corrected chi connectivity index (χ0v) is 12.5. The van der Waals surface area contributed by atoms with Crippen LogP contribution in [0.25, 0.3) is 0 Å². The Morgan fingerprint density at radius 2 is 2.00 bits per heavy atom. The molecule has 1 N–H and O–H groups in total. The van der Waals surface area contributed by atoms with Gasteiger partial charge in [-0.05, 0) is 31.4 Å². The molecular formula is C16H20FNO4. The quantitative estimate of drug-likeness (QED) is 0.874. The maximum atomic E-state index is 13.4. The number of carbonyl (C=O) groups is 2. The minimum atomic E-state index is -0.833. The molecule has 1 fully saturated rings. The number of amides is 1. The summed E-state index contributed by atoms with van der Waals surface area (Å²) in [4.78, 5) is 24.7. The summed E-state index contributed by atoms with van der Waals surface area (Å²) in [5.41, 5.74) is 0. The number of hydrogen-bond donors (Lipinski definition) is 1. The number of carbonyl (C=O) groups excluding carboxylic acids is 1. The molecule has 6 heteroatoms. The van der Waals surface area contributed by atoms with Crippen LogP contribution in [0, 0.1) is 17.7 Å². The highest BCUT2D eigenvalue weighted by Gasteiger charge is 2.34. The molecule has 2 rings (SSSR count). The average molecular weight is 309 g/mol. The first-order valence-electron chi connectivity index (χ1n) is 7.34. The fraction of sp³-hybridized carbons (Fsp3) is 0.500. The van der Waals surface area contributed by atoms with Crippen molar-refractivity contribution in [2.45, 2.75) is 19.3 Å². The highest BCUT2D eigenvalue weighted by molar-refractivity contribution is 5.80. The number of hydrogen-bond acceptors (Lipinski definition) is 3. The molecule has 1 aliphatic carbocycles. The largest absolute Gasteiger partial charge is 0.489 e. The van der Waals surface area contributed by atoms with Crippen LogP contribution in [0.15, 0.2) is 24.3 Å². The van der Waals surface area contributed by atoms with Crippen molar-refractivity contribution >= 4 is 11.9 Å². The van der Waals surface area contributed by atoms with Gasteiger partial charge in [-0.3, -0.25) is 9.59 Å². The molecular weight excluding hydrogens is 289 g/mol. The van der Waals surface area contributed by atoms with Crippen LogP contribution in [-0.2, 0) is 9.59 Å². The van der Waals surface area contributed by atoms with Crippen LogP contribution >= 0.6 is 0 Å². The number of halogens is 1. The zero-order chi connectivity index (χ0) is 16.1. The van der Waals surface area contributed by atoms with E-state index in [9.17, 15) is 14.0 Å². The van der Waals surface area contributed by atoms with Gasteiger partial charge in [-0.25, -0.2) is 4.39 Å². The van der Waals surface area contributed by atoms with E-state index < -0.39 is 17.7 Å². The van der Waals surface area contributed by atoms with E-state index in [1.807, 2.05) is 0 Å². The Kier molecular flexibility index (Phi) is 5.35. The SMILES string of the molecule is CN(CCOc1ccccc1F)C(=O)[C@@H]1CC[C@H](C(=O)O)C1. The van der Waals surface area contributed by atoms with Crippen molar-refractivity contribution in [3.63, 3.8) is 0 Å². The van der Waals surface area contributed by atoms with E-state index >= 15 is 0 Å². The molecule has 0 spiro atoms. The fourth-order valence-corrected chi connectivity index (χ4v) is 2.71. The van der Waals surface area contributed by atoms with Gasteiger partial charge in [0.2, 0.25) is 5.91 Å². The summed E-state index contributed by atoms with van der Waals surface area (Å²) in [6, 6.07) is 6.11. The normalized spacial score (nSPS) is 20.6. The molecule has 1 saturated carbocycles. The van der Waals surface area contributed by atoms with Crippen LogP contribution in [0.2, 0.25) is 0 Å². The lowest BCUT2D eigenvalue weighted by Crippen LogP contribution is -2.35. The Hall–Kier alpha value is -2.11. The lowest BCUT2D eigenvalue weighted by molar-refractivity contribution is -0.141. The van der Waals surface area contributed by atoms with Crippen molar-refractivity contribution in [2.75, 3.05) is 20.2 Å². The Labute approximate surface area is 128 Å². The third-order valence-corrected chi connectivity index (χ3v) is 4.03. The van der Waals surface area contributed by atoms with Gasteiger partial charge < -0.3 is 14.7 Å². The molecule has 1 aliphatic rings. The summed E-state index contributed by atoms with van der Waals surface area (Å²) < 4.78 is 18.7. The van der Waals surface area contributed by atoms with Gasteiger partial charge in [0.25, 0.3) is 0 Å². The van der Waals surface area contributed by atoms with Gasteiger partial charge in [0.1, 0.15) is 6.61 Å². The summed E-state index contributed by atoms with van der Waals surface area (Å²) in [6.07, 6.45) is 1.55. The number of likely N-dealkylation sites (N-methyl/N-ethyl adjacent to an activating group) is 1. The minimum Gasteiger partial charge on any atom is -0.489 e. The standard InChI is InChI=1S/C16H20FNO4/c1-18(8-9-22-14-5-3-2-4-13(14)17)15(19)11-6-7-12(10-11)16(20)21/h2-5,11-12H,6-10H2,1H3,(H,20,21)/t11-,12+/m1/s1. The number of aliphatic carboxylic acids is 1. The first kappa shape index (κ1) is 16.3. The highest BCUT2D eigenvalue weighted by atomic mass is 19.1. The molecule has 0 heterocycles. The Bertz CT molecular complexity index is 549. The first-order valence-corrected chi connectivity index (χ1v) is 7.34. The number of carboxylic acids is 1. The van der Waals surface area contributed by atoms with Crippen LogP contribution in [-0.4, -0.2) is 42.1 Å². The molecule has 1 aromatic carbocycles. The second kappa shape index (κ2) is 7.24. The maximum absolute atomic E-state index is 13.4. The highest BCUT2D eigenvalue weighted by Crippen LogP contribution is 2.32. The number of benzene rings is 1. The van der Waals surface area contributed by atoms with Gasteiger partial charge in [0, 0.05) is 13.0 Å². The van der Waals surface area contributed by atoms with Crippen molar-refractivity contribution in [1.82, 2.24) is 4.90 Å². The van der Waals surface area contributed by atoms with Crippen LogP contribution in [0.1, 0.15) is 19.3 Å². The average Bonchev–Trinajstić information content (AvgIpc) is 2.98. The summed E-state index contributed by atoms with van der Waals surface area (Å²) in [5.74, 6) is -1.83. The van der Waals surface area contributed by atoms with Crippen molar-refractivity contribution in [3.8, 4) is 5.75 Å². The van der Waals surface area contributed by atoms with Crippen LogP contribution in [0.5, 0.6) is 5.75 Å². The lowest BCUT2D eigenvalue weighted by Gasteiger charge is -2.21. The first-order chi connectivity index (χ1) is 10.5. The second-order valence-corrected chi connectivity index (χ2v) is 5.58. The van der Waals surface area contributed by atoms with Gasteiger partial charge >= 0.3 is 5.97 Å². The third-order valence-electron chi connectivity index (χ3n) is 4.03. The fourth-order valence-electron chi connectivity index (χ4n) is 2.71. The van der Waals surface area contributed by atoms with Gasteiger partial charge in [-0.15, -0.1) is 0 Å². The molecule has 1 aromatic rings. The van der Waals surface area contributed by atoms with E-state index in [1.54, 1.807) is 19.2 Å². The Morgan fingerprint density at radius 3 is 2.64 bits per heavy atom. The topological polar surface area (TPSA) is 66.8 Å². The van der Waals surface area contributed by atoms with E-state index in [0.717, 1.165) is 0 Å². The van der Waals surface area contributed by atoms with Crippen molar-refractivity contribution in [3.05, 3.63) is 30.1 Å². The predicted octanol–water partition coefficient (Wildman–Crippen LogP) is 2.16. The number of para-hydroxylation sites is 1. The van der Waals surface area contributed by atoms with Crippen molar-refractivity contribution in [1.29, 1.82) is 0 Å². The number of carboxylic acid groups (broad SMARTS) is 1. The third kappa shape index (κ3) is 3.96. The maximum Gasteiger partial charge on any atom is 0.306 e. The van der Waals surface area contributed by atoms with E-state index in [4.69, 9.17) is 9.84 Å². The minimum absolute atomic E-state index is 0.0686. The van der Waals surface area contributed by atoms with Crippen molar-refractivity contribution < 1.29 is 23.8 Å². The molecule has 5 nitrogen and oxygen atoms in total. The summed E-state index contributed by atoms with van der Waals surface area (Å²) >= 11 is 0. The Morgan fingerprint density at radius 1 is 1.32 bits per heavy atom.